The Labute approximate surface area is 173 Å². The Balaban J connectivity index is 1.67. The molecule has 138 valence electrons. The molecule has 0 spiro atoms. The van der Waals surface area contributed by atoms with E-state index in [0.717, 1.165) is 22.5 Å². The fraction of sp³-hybridized carbons (Fsp3) is 0.0556. The van der Waals surface area contributed by atoms with Crippen molar-refractivity contribution in [3.8, 4) is 0 Å². The molecule has 27 heavy (non-hydrogen) atoms. The minimum absolute atomic E-state index is 0.174. The van der Waals surface area contributed by atoms with Crippen molar-refractivity contribution in [3.05, 3.63) is 79.5 Å². The van der Waals surface area contributed by atoms with Crippen LogP contribution in [0.5, 0.6) is 0 Å². The van der Waals surface area contributed by atoms with Crippen molar-refractivity contribution in [3.63, 3.8) is 0 Å². The van der Waals surface area contributed by atoms with Crippen LogP contribution in [0.2, 0.25) is 10.0 Å². The number of amides is 1. The van der Waals surface area contributed by atoms with Gasteiger partial charge >= 0.3 is 0 Å². The molecule has 4 nitrogen and oxygen atoms in total. The van der Waals surface area contributed by atoms with E-state index >= 15 is 0 Å². The number of rotatable bonds is 5. The minimum Gasteiger partial charge on any atom is -0.346 e. The molecule has 3 aromatic rings. The molecule has 0 radical (unpaired) electrons. The summed E-state index contributed by atoms with van der Waals surface area (Å²) in [5.41, 5.74) is 1.51. The zero-order chi connectivity index (χ0) is 19.4. The first kappa shape index (κ1) is 19.8. The van der Waals surface area contributed by atoms with E-state index in [1.165, 1.54) is 12.1 Å². The molecule has 0 saturated heterocycles. The number of benzene rings is 2. The molecule has 1 aromatic heterocycles. The predicted octanol–water partition coefficient (Wildman–Crippen LogP) is 5.65. The van der Waals surface area contributed by atoms with Gasteiger partial charge in [-0.05, 0) is 41.5 Å². The van der Waals surface area contributed by atoms with E-state index in [1.54, 1.807) is 36.4 Å². The van der Waals surface area contributed by atoms with Crippen LogP contribution < -0.4 is 5.32 Å². The third-order valence-corrected chi connectivity index (χ3v) is 5.52. The molecule has 1 N–H and O–H groups in total. The van der Waals surface area contributed by atoms with Gasteiger partial charge in [0, 0.05) is 6.54 Å². The average Bonchev–Trinajstić information content (AvgIpc) is 3.14. The largest absolute Gasteiger partial charge is 0.346 e. The molecule has 0 aliphatic rings. The molecule has 0 aliphatic carbocycles. The minimum atomic E-state index is -0.387. The first-order chi connectivity index (χ1) is 12.9. The van der Waals surface area contributed by atoms with E-state index in [4.69, 9.17) is 34.8 Å². The van der Waals surface area contributed by atoms with E-state index < -0.39 is 0 Å². The van der Waals surface area contributed by atoms with Crippen molar-refractivity contribution in [2.45, 2.75) is 6.54 Å². The lowest BCUT2D eigenvalue weighted by Crippen LogP contribution is -2.22. The Bertz CT molecular complexity index is 1010. The maximum Gasteiger partial charge on any atom is 0.282 e. The highest BCUT2D eigenvalue weighted by atomic mass is 35.5. The highest BCUT2D eigenvalue weighted by molar-refractivity contribution is 7.15. The van der Waals surface area contributed by atoms with Crippen molar-refractivity contribution >= 4 is 63.2 Å². The van der Waals surface area contributed by atoms with Gasteiger partial charge in [0.2, 0.25) is 5.01 Å². The fourth-order valence-electron chi connectivity index (χ4n) is 2.08. The van der Waals surface area contributed by atoms with E-state index in [9.17, 15) is 9.18 Å². The zero-order valence-corrected chi connectivity index (χ0v) is 16.6. The van der Waals surface area contributed by atoms with Gasteiger partial charge in [-0.15, -0.1) is 10.2 Å². The predicted molar refractivity (Wildman–Crippen MR) is 108 cm³/mol. The highest BCUT2D eigenvalue weighted by Crippen LogP contribution is 2.28. The summed E-state index contributed by atoms with van der Waals surface area (Å²) >= 11 is 19.2. The van der Waals surface area contributed by atoms with Gasteiger partial charge in [0.25, 0.3) is 5.91 Å². The lowest BCUT2D eigenvalue weighted by Gasteiger charge is -2.02. The fourth-order valence-corrected chi connectivity index (χ4v) is 3.34. The first-order valence-corrected chi connectivity index (χ1v) is 9.56. The van der Waals surface area contributed by atoms with E-state index in [-0.39, 0.29) is 23.3 Å². The summed E-state index contributed by atoms with van der Waals surface area (Å²) in [4.78, 5) is 12.2. The molecule has 0 bridgehead atoms. The summed E-state index contributed by atoms with van der Waals surface area (Å²) in [5, 5.41) is 12.3. The number of halogens is 4. The molecule has 1 amide bonds. The van der Waals surface area contributed by atoms with E-state index in [2.05, 4.69) is 15.5 Å². The second kappa shape index (κ2) is 8.80. The van der Waals surface area contributed by atoms with Gasteiger partial charge < -0.3 is 5.32 Å². The van der Waals surface area contributed by atoms with Crippen LogP contribution in [0.25, 0.3) is 11.1 Å². The second-order valence-electron chi connectivity index (χ2n) is 5.39. The van der Waals surface area contributed by atoms with Gasteiger partial charge in [-0.25, -0.2) is 4.39 Å². The molecule has 9 heteroatoms. The van der Waals surface area contributed by atoms with Gasteiger partial charge in [-0.3, -0.25) is 4.79 Å². The summed E-state index contributed by atoms with van der Waals surface area (Å²) in [5.74, 6) is -0.718. The average molecular weight is 443 g/mol. The lowest BCUT2D eigenvalue weighted by molar-refractivity contribution is 0.0950. The number of carbonyl (C=O) groups is 1. The summed E-state index contributed by atoms with van der Waals surface area (Å²) in [6.07, 6.45) is 1.66. The summed E-state index contributed by atoms with van der Waals surface area (Å²) in [6, 6.07) is 10.9. The number of hydrogen-bond acceptors (Lipinski definition) is 4. The molecular weight excluding hydrogens is 432 g/mol. The summed E-state index contributed by atoms with van der Waals surface area (Å²) in [6.45, 7) is 0.251. The topological polar surface area (TPSA) is 54.9 Å². The number of aromatic nitrogens is 2. The van der Waals surface area contributed by atoms with Crippen LogP contribution in [-0.2, 0) is 6.54 Å². The van der Waals surface area contributed by atoms with Crippen molar-refractivity contribution in [2.75, 3.05) is 0 Å². The van der Waals surface area contributed by atoms with Crippen molar-refractivity contribution in [1.82, 2.24) is 15.5 Å². The van der Waals surface area contributed by atoms with E-state index in [1.807, 2.05) is 0 Å². The Kier molecular flexibility index (Phi) is 6.44. The standard InChI is InChI=1S/C18H11Cl3FN3OS/c19-13-6-3-11(7-14(13)20)8-15(21)17-24-25-18(27-17)16(26)23-9-10-1-4-12(22)5-2-10/h1-8H,9H2,(H,23,26)/b15-8-. The van der Waals surface area contributed by atoms with Crippen molar-refractivity contribution in [1.29, 1.82) is 0 Å². The highest BCUT2D eigenvalue weighted by Gasteiger charge is 2.14. The van der Waals surface area contributed by atoms with Crippen LogP contribution in [0.4, 0.5) is 4.39 Å². The van der Waals surface area contributed by atoms with Crippen LogP contribution in [0, 0.1) is 5.82 Å². The van der Waals surface area contributed by atoms with Gasteiger partial charge in [0.05, 0.1) is 15.1 Å². The van der Waals surface area contributed by atoms with Crippen molar-refractivity contribution in [2.24, 2.45) is 0 Å². The third kappa shape index (κ3) is 5.26. The van der Waals surface area contributed by atoms with Gasteiger partial charge in [0.15, 0.2) is 5.01 Å². The quantitative estimate of drug-likeness (QED) is 0.555. The SMILES string of the molecule is O=C(NCc1ccc(F)cc1)c1nnc(/C(Cl)=C/c2ccc(Cl)c(Cl)c2)s1. The molecule has 0 saturated carbocycles. The number of hydrogen-bond donors (Lipinski definition) is 1. The number of nitrogens with one attached hydrogen (secondary N) is 1. The Morgan fingerprint density at radius 2 is 1.78 bits per heavy atom. The summed E-state index contributed by atoms with van der Waals surface area (Å²) in [7, 11) is 0. The van der Waals surface area contributed by atoms with Crippen LogP contribution in [0.3, 0.4) is 0 Å². The van der Waals surface area contributed by atoms with Crippen LogP contribution >= 0.6 is 46.1 Å². The Hall–Kier alpha value is -1.99. The maximum absolute atomic E-state index is 12.9. The van der Waals surface area contributed by atoms with Gasteiger partial charge in [0.1, 0.15) is 5.82 Å². The molecule has 0 atom stereocenters. The maximum atomic E-state index is 12.9. The zero-order valence-electron chi connectivity index (χ0n) is 13.5. The normalized spacial score (nSPS) is 11.5. The molecule has 2 aromatic carbocycles. The molecule has 1 heterocycles. The van der Waals surface area contributed by atoms with Crippen molar-refractivity contribution < 1.29 is 9.18 Å². The van der Waals surface area contributed by atoms with Crippen LogP contribution in [-0.4, -0.2) is 16.1 Å². The van der Waals surface area contributed by atoms with Gasteiger partial charge in [-0.1, -0.05) is 64.3 Å². The molecule has 0 unspecified atom stereocenters. The second-order valence-corrected chi connectivity index (χ2v) is 7.59. The van der Waals surface area contributed by atoms with E-state index in [0.29, 0.717) is 20.1 Å². The molecule has 0 fully saturated rings. The summed E-state index contributed by atoms with van der Waals surface area (Å²) < 4.78 is 12.9. The molecular formula is C18H11Cl3FN3OS. The number of carbonyl (C=O) groups excluding carboxylic acids is 1. The van der Waals surface area contributed by atoms with Crippen LogP contribution in [0.15, 0.2) is 42.5 Å². The number of nitrogens with zero attached hydrogens (tertiary/aromatic N) is 2. The monoisotopic (exact) mass is 441 g/mol. The Morgan fingerprint density at radius 1 is 1.07 bits per heavy atom. The first-order valence-electron chi connectivity index (χ1n) is 7.61. The Morgan fingerprint density at radius 3 is 2.48 bits per heavy atom. The molecule has 0 aliphatic heterocycles. The van der Waals surface area contributed by atoms with Gasteiger partial charge in [-0.2, -0.15) is 0 Å². The van der Waals surface area contributed by atoms with Crippen LogP contribution in [0.1, 0.15) is 25.9 Å². The lowest BCUT2D eigenvalue weighted by atomic mass is 10.2. The molecule has 3 rings (SSSR count). The third-order valence-electron chi connectivity index (χ3n) is 3.43. The smallest absolute Gasteiger partial charge is 0.282 e.